The summed E-state index contributed by atoms with van der Waals surface area (Å²) in [6.45, 7) is 3.35. The molecule has 0 rings (SSSR count). The van der Waals surface area contributed by atoms with Gasteiger partial charge in [-0.3, -0.25) is 9.69 Å². The van der Waals surface area contributed by atoms with Gasteiger partial charge in [0.1, 0.15) is 0 Å². The van der Waals surface area contributed by atoms with Crippen LogP contribution in [0.1, 0.15) is 110 Å². The van der Waals surface area contributed by atoms with E-state index >= 15 is 0 Å². The number of unbranched alkanes of at least 4 members (excludes halogenated alkanes) is 15. The van der Waals surface area contributed by atoms with E-state index < -0.39 is 5.97 Å². The van der Waals surface area contributed by atoms with Crippen LogP contribution in [0.4, 0.5) is 0 Å². The van der Waals surface area contributed by atoms with Crippen LogP contribution in [0.25, 0.3) is 0 Å². The third-order valence-electron chi connectivity index (χ3n) is 4.80. The first-order valence-electron chi connectivity index (χ1n) is 10.6. The van der Waals surface area contributed by atoms with Crippen molar-refractivity contribution >= 4 is 35.5 Å². The van der Waals surface area contributed by atoms with Gasteiger partial charge in [0.2, 0.25) is 0 Å². The molecule has 0 aromatic heterocycles. The van der Waals surface area contributed by atoms with Gasteiger partial charge in [-0.15, -0.1) is 0 Å². The van der Waals surface area contributed by atoms with Crippen LogP contribution in [0, 0.1) is 0 Å². The topological polar surface area (TPSA) is 40.5 Å². The zero-order chi connectivity index (χ0) is 17.9. The van der Waals surface area contributed by atoms with Crippen LogP contribution in [0.3, 0.4) is 0 Å². The van der Waals surface area contributed by atoms with Crippen molar-refractivity contribution in [2.24, 2.45) is 0 Å². The number of nitrogens with zero attached hydrogens (tertiary/aromatic N) is 1. The molecular weight excluding hydrogens is 321 g/mol. The Morgan fingerprint density at radius 1 is 0.680 bits per heavy atom. The molecule has 0 aliphatic rings. The molecule has 0 aliphatic carbocycles. The quantitative estimate of drug-likeness (QED) is 0.239. The molecule has 0 amide bonds. The summed E-state index contributed by atoms with van der Waals surface area (Å²) in [6.07, 6.45) is 22.0. The molecule has 0 saturated heterocycles. The summed E-state index contributed by atoms with van der Waals surface area (Å²) in [6, 6.07) is 0. The molecule has 0 fully saturated rings. The number of hydrogen-bond donors (Lipinski definition) is 1. The second-order valence-electron chi connectivity index (χ2n) is 7.43. The van der Waals surface area contributed by atoms with Crippen LogP contribution in [0.2, 0.25) is 0 Å². The Labute approximate surface area is 179 Å². The van der Waals surface area contributed by atoms with Gasteiger partial charge in [-0.2, -0.15) is 0 Å². The predicted octanol–water partition coefficient (Wildman–Crippen LogP) is 5.62. The van der Waals surface area contributed by atoms with Crippen molar-refractivity contribution in [1.29, 1.82) is 0 Å². The van der Waals surface area contributed by atoms with Crippen LogP contribution in [-0.2, 0) is 4.79 Å². The van der Waals surface area contributed by atoms with E-state index in [0.29, 0.717) is 0 Å². The van der Waals surface area contributed by atoms with Crippen molar-refractivity contribution in [1.82, 2.24) is 4.90 Å². The van der Waals surface area contributed by atoms with Gasteiger partial charge in [-0.1, -0.05) is 103 Å². The number of carboxylic acids is 1. The maximum absolute atomic E-state index is 10.5. The first-order chi connectivity index (χ1) is 11.7. The summed E-state index contributed by atoms with van der Waals surface area (Å²) < 4.78 is 0. The standard InChI is InChI=1S/C21H43NO2.Na.H/c1-3-4-5-6-7-8-9-10-11-12-13-14-15-16-17-18-19-22(2)20-21(23)24;;/h3-20H2,1-2H3,(H,23,24);;. The summed E-state index contributed by atoms with van der Waals surface area (Å²) >= 11 is 0. The molecule has 3 nitrogen and oxygen atoms in total. The predicted molar refractivity (Wildman–Crippen MR) is 112 cm³/mol. The fraction of sp³-hybridized carbons (Fsp3) is 0.952. The van der Waals surface area contributed by atoms with Gasteiger partial charge in [-0.25, -0.2) is 0 Å². The molecule has 1 N–H and O–H groups in total. The van der Waals surface area contributed by atoms with Crippen molar-refractivity contribution in [3.63, 3.8) is 0 Å². The zero-order valence-electron chi connectivity index (χ0n) is 16.5. The number of carboxylic acid groups (broad SMARTS) is 1. The molecular formula is C21H44NNaO2. The molecule has 0 aromatic carbocycles. The van der Waals surface area contributed by atoms with Crippen molar-refractivity contribution in [3.8, 4) is 0 Å². The Balaban J connectivity index is 0. The van der Waals surface area contributed by atoms with E-state index in [1.54, 1.807) is 0 Å². The summed E-state index contributed by atoms with van der Waals surface area (Å²) in [5.74, 6) is -0.728. The van der Waals surface area contributed by atoms with Gasteiger partial charge in [0.05, 0.1) is 6.54 Å². The van der Waals surface area contributed by atoms with Crippen molar-refractivity contribution in [3.05, 3.63) is 0 Å². The number of rotatable bonds is 19. The minimum atomic E-state index is -0.728. The summed E-state index contributed by atoms with van der Waals surface area (Å²) in [5, 5.41) is 8.68. The fourth-order valence-corrected chi connectivity index (χ4v) is 3.24. The first kappa shape index (κ1) is 27.6. The van der Waals surface area contributed by atoms with Gasteiger partial charge in [0.25, 0.3) is 0 Å². The first-order valence-corrected chi connectivity index (χ1v) is 10.6. The zero-order valence-corrected chi connectivity index (χ0v) is 16.5. The van der Waals surface area contributed by atoms with Crippen LogP contribution < -0.4 is 0 Å². The van der Waals surface area contributed by atoms with Gasteiger partial charge in [-0.05, 0) is 20.0 Å². The molecule has 25 heavy (non-hydrogen) atoms. The summed E-state index contributed by atoms with van der Waals surface area (Å²) in [7, 11) is 1.89. The molecule has 0 aromatic rings. The Morgan fingerprint density at radius 3 is 1.32 bits per heavy atom. The monoisotopic (exact) mass is 365 g/mol. The second kappa shape index (κ2) is 22.5. The molecule has 0 spiro atoms. The van der Waals surface area contributed by atoms with Crippen LogP contribution in [0.15, 0.2) is 0 Å². The average molecular weight is 366 g/mol. The maximum atomic E-state index is 10.5. The summed E-state index contributed by atoms with van der Waals surface area (Å²) in [5.41, 5.74) is 0. The van der Waals surface area contributed by atoms with E-state index in [2.05, 4.69) is 6.92 Å². The molecule has 146 valence electrons. The third-order valence-corrected chi connectivity index (χ3v) is 4.80. The third kappa shape index (κ3) is 24.4. The Morgan fingerprint density at radius 2 is 1.00 bits per heavy atom. The molecule has 0 bridgehead atoms. The van der Waals surface area contributed by atoms with E-state index in [4.69, 9.17) is 5.11 Å². The van der Waals surface area contributed by atoms with Crippen molar-refractivity contribution in [2.45, 2.75) is 110 Å². The van der Waals surface area contributed by atoms with Gasteiger partial charge >= 0.3 is 35.5 Å². The van der Waals surface area contributed by atoms with Crippen LogP contribution >= 0.6 is 0 Å². The molecule has 0 unspecified atom stereocenters. The van der Waals surface area contributed by atoms with Crippen LogP contribution in [0.5, 0.6) is 0 Å². The molecule has 0 saturated carbocycles. The van der Waals surface area contributed by atoms with Gasteiger partial charge in [0, 0.05) is 0 Å². The number of aliphatic carboxylic acids is 1. The average Bonchev–Trinajstić information content (AvgIpc) is 2.53. The molecule has 0 aliphatic heterocycles. The van der Waals surface area contributed by atoms with Gasteiger partial charge < -0.3 is 5.11 Å². The molecule has 0 radical (unpaired) electrons. The normalized spacial score (nSPS) is 10.8. The fourth-order valence-electron chi connectivity index (χ4n) is 3.24. The van der Waals surface area contributed by atoms with Gasteiger partial charge in [0.15, 0.2) is 0 Å². The Kier molecular flexibility index (Phi) is 24.9. The van der Waals surface area contributed by atoms with Crippen LogP contribution in [-0.4, -0.2) is 65.7 Å². The minimum absolute atomic E-state index is 0. The Bertz CT molecular complexity index is 275. The number of hydrogen-bond acceptors (Lipinski definition) is 2. The molecule has 4 heteroatoms. The second-order valence-corrected chi connectivity index (χ2v) is 7.43. The van der Waals surface area contributed by atoms with Crippen molar-refractivity contribution < 1.29 is 9.90 Å². The number of likely N-dealkylation sites (N-methyl/N-ethyl adjacent to an activating group) is 1. The summed E-state index contributed by atoms with van der Waals surface area (Å²) in [4.78, 5) is 12.4. The molecule has 0 heterocycles. The molecule has 0 atom stereocenters. The van der Waals surface area contributed by atoms with E-state index in [0.717, 1.165) is 13.0 Å². The number of carbonyl (C=O) groups is 1. The Hall–Kier alpha value is 0.430. The van der Waals surface area contributed by atoms with Crippen molar-refractivity contribution in [2.75, 3.05) is 20.1 Å². The van der Waals surface area contributed by atoms with E-state index in [-0.39, 0.29) is 36.1 Å². The van der Waals surface area contributed by atoms with E-state index in [1.165, 1.54) is 96.3 Å². The SMILES string of the molecule is CCCCCCCCCCCCCCCCCCN(C)CC(=O)O.[NaH]. The van der Waals surface area contributed by atoms with E-state index in [9.17, 15) is 4.79 Å². The van der Waals surface area contributed by atoms with E-state index in [1.807, 2.05) is 11.9 Å².